The first-order valence-electron chi connectivity index (χ1n) is 7.60. The highest BCUT2D eigenvalue weighted by Gasteiger charge is 2.27. The van der Waals surface area contributed by atoms with Crippen LogP contribution in [-0.2, 0) is 4.79 Å². The molecule has 0 saturated carbocycles. The summed E-state index contributed by atoms with van der Waals surface area (Å²) in [5.74, 6) is -0.0144. The highest BCUT2D eigenvalue weighted by atomic mass is 35.5. The van der Waals surface area contributed by atoms with Crippen molar-refractivity contribution in [3.8, 4) is 0 Å². The SMILES string of the molecule is CC=CC=CC(=O)N1CCC(C(=O)c2ccc(Cl)c(Cl)c2)CC1. The first kappa shape index (κ1) is 17.8. The van der Waals surface area contributed by atoms with Crippen molar-refractivity contribution in [3.05, 3.63) is 58.1 Å². The Hall–Kier alpha value is -1.58. The third-order valence-corrected chi connectivity index (χ3v) is 4.66. The van der Waals surface area contributed by atoms with Gasteiger partial charge in [-0.2, -0.15) is 0 Å². The molecule has 0 aliphatic carbocycles. The number of ketones is 1. The molecule has 1 saturated heterocycles. The van der Waals surface area contributed by atoms with E-state index < -0.39 is 0 Å². The number of piperidine rings is 1. The second kappa shape index (κ2) is 8.32. The van der Waals surface area contributed by atoms with Crippen LogP contribution < -0.4 is 0 Å². The van der Waals surface area contributed by atoms with Gasteiger partial charge in [0.15, 0.2) is 5.78 Å². The number of Topliss-reactive ketones (excluding diaryl/α,β-unsaturated/α-hetero) is 1. The largest absolute Gasteiger partial charge is 0.339 e. The fourth-order valence-electron chi connectivity index (χ4n) is 2.60. The average Bonchev–Trinajstić information content (AvgIpc) is 2.57. The van der Waals surface area contributed by atoms with E-state index in [2.05, 4.69) is 0 Å². The second-order valence-corrected chi connectivity index (χ2v) is 6.29. The topological polar surface area (TPSA) is 37.4 Å². The van der Waals surface area contributed by atoms with Gasteiger partial charge in [-0.3, -0.25) is 9.59 Å². The van der Waals surface area contributed by atoms with Crippen molar-refractivity contribution in [1.82, 2.24) is 4.90 Å². The molecule has 0 radical (unpaired) electrons. The molecular formula is C18H19Cl2NO2. The highest BCUT2D eigenvalue weighted by Crippen LogP contribution is 2.27. The summed E-state index contributed by atoms with van der Waals surface area (Å²) in [6.07, 6.45) is 8.31. The summed E-state index contributed by atoms with van der Waals surface area (Å²) in [7, 11) is 0. The standard InChI is InChI=1S/C18H19Cl2NO2/c1-2-3-4-5-17(22)21-10-8-13(9-11-21)18(23)14-6-7-15(19)16(20)12-14/h2-7,12-13H,8-11H2,1H3. The lowest BCUT2D eigenvalue weighted by atomic mass is 9.89. The molecular weight excluding hydrogens is 333 g/mol. The Bertz CT molecular complexity index is 644. The highest BCUT2D eigenvalue weighted by molar-refractivity contribution is 6.42. The van der Waals surface area contributed by atoms with Crippen LogP contribution in [0, 0.1) is 5.92 Å². The molecule has 0 N–H and O–H groups in total. The Morgan fingerprint density at radius 1 is 1.13 bits per heavy atom. The molecule has 3 nitrogen and oxygen atoms in total. The van der Waals surface area contributed by atoms with Crippen molar-refractivity contribution in [2.24, 2.45) is 5.92 Å². The van der Waals surface area contributed by atoms with E-state index >= 15 is 0 Å². The van der Waals surface area contributed by atoms with Crippen LogP contribution >= 0.6 is 23.2 Å². The third kappa shape index (κ3) is 4.69. The number of allylic oxidation sites excluding steroid dienone is 3. The number of hydrogen-bond donors (Lipinski definition) is 0. The molecule has 2 rings (SSSR count). The van der Waals surface area contributed by atoms with E-state index in [4.69, 9.17) is 23.2 Å². The minimum atomic E-state index is -0.0733. The van der Waals surface area contributed by atoms with Gasteiger partial charge >= 0.3 is 0 Å². The van der Waals surface area contributed by atoms with E-state index in [0.717, 1.165) is 0 Å². The van der Waals surface area contributed by atoms with Crippen LogP contribution in [0.2, 0.25) is 10.0 Å². The van der Waals surface area contributed by atoms with Gasteiger partial charge < -0.3 is 4.90 Å². The Morgan fingerprint density at radius 2 is 1.83 bits per heavy atom. The zero-order valence-corrected chi connectivity index (χ0v) is 14.5. The predicted molar refractivity (Wildman–Crippen MR) is 94.1 cm³/mol. The molecule has 1 aliphatic heterocycles. The van der Waals surface area contributed by atoms with Crippen LogP contribution in [0.1, 0.15) is 30.1 Å². The van der Waals surface area contributed by atoms with Crippen molar-refractivity contribution in [3.63, 3.8) is 0 Å². The van der Waals surface area contributed by atoms with Gasteiger partial charge in [0.2, 0.25) is 5.91 Å². The third-order valence-electron chi connectivity index (χ3n) is 3.92. The molecule has 5 heteroatoms. The molecule has 1 fully saturated rings. The summed E-state index contributed by atoms with van der Waals surface area (Å²) < 4.78 is 0. The van der Waals surface area contributed by atoms with Gasteiger partial charge in [0.1, 0.15) is 0 Å². The molecule has 1 amide bonds. The molecule has 1 heterocycles. The lowest BCUT2D eigenvalue weighted by Gasteiger charge is -2.30. The van der Waals surface area contributed by atoms with Crippen LogP contribution in [0.5, 0.6) is 0 Å². The Kier molecular flexibility index (Phi) is 6.43. The fraction of sp³-hybridized carbons (Fsp3) is 0.333. The summed E-state index contributed by atoms with van der Waals surface area (Å²) in [5.41, 5.74) is 0.581. The van der Waals surface area contributed by atoms with Crippen molar-refractivity contribution < 1.29 is 9.59 Å². The fourth-order valence-corrected chi connectivity index (χ4v) is 2.90. The summed E-state index contributed by atoms with van der Waals surface area (Å²) in [6, 6.07) is 4.96. The number of carbonyl (C=O) groups excluding carboxylic acids is 2. The molecule has 0 spiro atoms. The first-order valence-corrected chi connectivity index (χ1v) is 8.36. The van der Waals surface area contributed by atoms with Crippen LogP contribution in [0.4, 0.5) is 0 Å². The van der Waals surface area contributed by atoms with E-state index in [1.807, 2.05) is 19.1 Å². The quantitative estimate of drug-likeness (QED) is 0.453. The lowest BCUT2D eigenvalue weighted by molar-refractivity contribution is -0.127. The lowest BCUT2D eigenvalue weighted by Crippen LogP contribution is -2.39. The molecule has 0 bridgehead atoms. The van der Waals surface area contributed by atoms with E-state index in [9.17, 15) is 9.59 Å². The molecule has 1 aromatic rings. The number of amides is 1. The molecule has 0 unspecified atom stereocenters. The van der Waals surface area contributed by atoms with Crippen molar-refractivity contribution in [2.45, 2.75) is 19.8 Å². The van der Waals surface area contributed by atoms with Gasteiger partial charge in [-0.15, -0.1) is 0 Å². The summed E-state index contributed by atoms with van der Waals surface area (Å²) in [6.45, 7) is 3.09. The van der Waals surface area contributed by atoms with Crippen LogP contribution in [0.15, 0.2) is 42.5 Å². The molecule has 0 atom stereocenters. The smallest absolute Gasteiger partial charge is 0.246 e. The number of halogens is 2. The monoisotopic (exact) mass is 351 g/mol. The minimum absolute atomic E-state index is 0.0106. The summed E-state index contributed by atoms with van der Waals surface area (Å²) >= 11 is 11.9. The Labute approximate surface area is 146 Å². The number of carbonyl (C=O) groups is 2. The number of hydrogen-bond acceptors (Lipinski definition) is 2. The molecule has 122 valence electrons. The van der Waals surface area contributed by atoms with E-state index in [-0.39, 0.29) is 17.6 Å². The number of nitrogens with zero attached hydrogens (tertiary/aromatic N) is 1. The molecule has 1 aliphatic rings. The summed E-state index contributed by atoms with van der Waals surface area (Å²) in [5, 5.41) is 0.829. The Morgan fingerprint density at radius 3 is 2.43 bits per heavy atom. The van der Waals surface area contributed by atoms with E-state index in [1.165, 1.54) is 0 Å². The van der Waals surface area contributed by atoms with E-state index in [1.54, 1.807) is 35.3 Å². The van der Waals surface area contributed by atoms with Crippen LogP contribution in [0.3, 0.4) is 0 Å². The number of rotatable bonds is 4. The van der Waals surface area contributed by atoms with Gasteiger partial charge in [0.25, 0.3) is 0 Å². The van der Waals surface area contributed by atoms with Crippen molar-refractivity contribution in [1.29, 1.82) is 0 Å². The van der Waals surface area contributed by atoms with Crippen LogP contribution in [-0.4, -0.2) is 29.7 Å². The van der Waals surface area contributed by atoms with Crippen LogP contribution in [0.25, 0.3) is 0 Å². The first-order chi connectivity index (χ1) is 11.0. The van der Waals surface area contributed by atoms with Gasteiger partial charge in [-0.05, 0) is 38.0 Å². The molecule has 1 aromatic carbocycles. The zero-order valence-electron chi connectivity index (χ0n) is 13.0. The van der Waals surface area contributed by atoms with Gasteiger partial charge in [-0.25, -0.2) is 0 Å². The second-order valence-electron chi connectivity index (χ2n) is 5.48. The van der Waals surface area contributed by atoms with Gasteiger partial charge in [-0.1, -0.05) is 41.4 Å². The minimum Gasteiger partial charge on any atom is -0.339 e. The van der Waals surface area contributed by atoms with Crippen molar-refractivity contribution >= 4 is 34.9 Å². The van der Waals surface area contributed by atoms with E-state index in [0.29, 0.717) is 41.5 Å². The van der Waals surface area contributed by atoms with Gasteiger partial charge in [0.05, 0.1) is 10.0 Å². The normalized spacial score (nSPS) is 16.4. The molecule has 23 heavy (non-hydrogen) atoms. The predicted octanol–water partition coefficient (Wildman–Crippen LogP) is 4.55. The van der Waals surface area contributed by atoms with Gasteiger partial charge in [0, 0.05) is 30.6 Å². The number of benzene rings is 1. The molecule has 0 aromatic heterocycles. The maximum atomic E-state index is 12.5. The zero-order chi connectivity index (χ0) is 16.8. The van der Waals surface area contributed by atoms with Crippen molar-refractivity contribution in [2.75, 3.05) is 13.1 Å². The average molecular weight is 352 g/mol. The Balaban J connectivity index is 1.94. The number of likely N-dealkylation sites (tertiary alicyclic amines) is 1. The maximum Gasteiger partial charge on any atom is 0.246 e. The summed E-state index contributed by atoms with van der Waals surface area (Å²) in [4.78, 5) is 26.3. The maximum absolute atomic E-state index is 12.5.